The Kier molecular flexibility index (Phi) is 6.51. The number of ether oxygens (including phenoxy) is 1. The third-order valence-electron chi connectivity index (χ3n) is 2.59. The molecule has 0 aliphatic carbocycles. The van der Waals surface area contributed by atoms with Gasteiger partial charge in [0, 0.05) is 13.1 Å². The van der Waals surface area contributed by atoms with Gasteiger partial charge in [0.1, 0.15) is 0 Å². The van der Waals surface area contributed by atoms with Crippen molar-refractivity contribution in [2.24, 2.45) is 0 Å². The van der Waals surface area contributed by atoms with E-state index >= 15 is 0 Å². The summed E-state index contributed by atoms with van der Waals surface area (Å²) < 4.78 is 42.3. The van der Waals surface area contributed by atoms with E-state index in [-0.39, 0.29) is 26.1 Å². The van der Waals surface area contributed by atoms with Gasteiger partial charge in [-0.1, -0.05) is 30.3 Å². The molecule has 0 unspecified atom stereocenters. The summed E-state index contributed by atoms with van der Waals surface area (Å²) >= 11 is 0. The highest BCUT2D eigenvalue weighted by Crippen LogP contribution is 2.18. The topological polar surface area (TPSA) is 29.5 Å². The molecule has 0 amide bonds. The van der Waals surface area contributed by atoms with Gasteiger partial charge in [0.25, 0.3) is 0 Å². The summed E-state index contributed by atoms with van der Waals surface area (Å²) in [5, 5.41) is 0. The van der Waals surface area contributed by atoms with Gasteiger partial charge in [0.2, 0.25) is 0 Å². The first-order valence-electron chi connectivity index (χ1n) is 6.39. The molecule has 0 atom stereocenters. The Morgan fingerprint density at radius 2 is 1.90 bits per heavy atom. The van der Waals surface area contributed by atoms with Crippen LogP contribution in [0.1, 0.15) is 18.9 Å². The van der Waals surface area contributed by atoms with Crippen LogP contribution in [-0.4, -0.2) is 36.7 Å². The van der Waals surface area contributed by atoms with Gasteiger partial charge in [-0.3, -0.25) is 9.69 Å². The molecule has 0 heterocycles. The van der Waals surface area contributed by atoms with E-state index < -0.39 is 18.7 Å². The molecule has 1 rings (SSSR count). The standard InChI is InChI=1S/C14H18F3NO2/c1-2-20-13(19)8-9-18(11-14(15,16)17)10-12-6-4-3-5-7-12/h3-7H,2,8-11H2,1H3. The zero-order chi connectivity index (χ0) is 15.0. The third-order valence-corrected chi connectivity index (χ3v) is 2.59. The molecule has 112 valence electrons. The molecule has 0 fully saturated rings. The number of nitrogens with zero attached hydrogens (tertiary/aromatic N) is 1. The molecular weight excluding hydrogens is 271 g/mol. The molecule has 0 aliphatic heterocycles. The molecule has 0 aliphatic rings. The molecule has 3 nitrogen and oxygen atoms in total. The van der Waals surface area contributed by atoms with E-state index in [0.717, 1.165) is 5.56 Å². The van der Waals surface area contributed by atoms with Gasteiger partial charge in [0.05, 0.1) is 19.6 Å². The second-order valence-corrected chi connectivity index (χ2v) is 4.37. The smallest absolute Gasteiger partial charge is 0.401 e. The summed E-state index contributed by atoms with van der Waals surface area (Å²) in [7, 11) is 0. The van der Waals surface area contributed by atoms with Gasteiger partial charge in [-0.2, -0.15) is 13.2 Å². The summed E-state index contributed by atoms with van der Waals surface area (Å²) in [6, 6.07) is 8.86. The molecule has 0 bridgehead atoms. The lowest BCUT2D eigenvalue weighted by Gasteiger charge is -2.23. The molecule has 0 saturated carbocycles. The van der Waals surface area contributed by atoms with Crippen LogP contribution in [0.4, 0.5) is 13.2 Å². The van der Waals surface area contributed by atoms with Crippen molar-refractivity contribution in [3.8, 4) is 0 Å². The van der Waals surface area contributed by atoms with Crippen LogP contribution in [-0.2, 0) is 16.1 Å². The molecule has 1 aromatic carbocycles. The molecule has 0 aromatic heterocycles. The molecule has 0 radical (unpaired) electrons. The number of halogens is 3. The number of hydrogen-bond acceptors (Lipinski definition) is 3. The minimum absolute atomic E-state index is 0.0211. The summed E-state index contributed by atoms with van der Waals surface area (Å²) in [6.07, 6.45) is -4.33. The lowest BCUT2D eigenvalue weighted by Crippen LogP contribution is -2.35. The Morgan fingerprint density at radius 3 is 2.45 bits per heavy atom. The SMILES string of the molecule is CCOC(=O)CCN(Cc1ccccc1)CC(F)(F)F. The van der Waals surface area contributed by atoms with Gasteiger partial charge in [-0.15, -0.1) is 0 Å². The number of rotatable bonds is 7. The van der Waals surface area contributed by atoms with E-state index in [2.05, 4.69) is 0 Å². The normalized spacial score (nSPS) is 11.7. The Bertz CT molecular complexity index is 407. The zero-order valence-electron chi connectivity index (χ0n) is 11.3. The molecule has 20 heavy (non-hydrogen) atoms. The van der Waals surface area contributed by atoms with E-state index in [1.54, 1.807) is 37.3 Å². The summed E-state index contributed by atoms with van der Waals surface area (Å²) in [5.74, 6) is -0.479. The van der Waals surface area contributed by atoms with Crippen molar-refractivity contribution in [2.75, 3.05) is 19.7 Å². The quantitative estimate of drug-likeness (QED) is 0.723. The highest BCUT2D eigenvalue weighted by atomic mass is 19.4. The first kappa shape index (κ1) is 16.5. The van der Waals surface area contributed by atoms with E-state index in [0.29, 0.717) is 0 Å². The van der Waals surface area contributed by atoms with Crippen LogP contribution in [0, 0.1) is 0 Å². The van der Waals surface area contributed by atoms with Crippen molar-refractivity contribution in [2.45, 2.75) is 26.1 Å². The molecule has 0 N–H and O–H groups in total. The number of hydrogen-bond donors (Lipinski definition) is 0. The van der Waals surface area contributed by atoms with Gasteiger partial charge in [-0.05, 0) is 12.5 Å². The maximum atomic E-state index is 12.5. The van der Waals surface area contributed by atoms with Crippen LogP contribution in [0.25, 0.3) is 0 Å². The lowest BCUT2D eigenvalue weighted by molar-refractivity contribution is -0.152. The van der Waals surface area contributed by atoms with Crippen molar-refractivity contribution in [1.29, 1.82) is 0 Å². The first-order valence-corrected chi connectivity index (χ1v) is 6.39. The fraction of sp³-hybridized carbons (Fsp3) is 0.500. The minimum Gasteiger partial charge on any atom is -0.466 e. The number of carbonyl (C=O) groups excluding carboxylic acids is 1. The minimum atomic E-state index is -4.29. The first-order chi connectivity index (χ1) is 9.40. The van der Waals surface area contributed by atoms with Crippen molar-refractivity contribution in [3.05, 3.63) is 35.9 Å². The molecule has 6 heteroatoms. The highest BCUT2D eigenvalue weighted by Gasteiger charge is 2.30. The van der Waals surface area contributed by atoms with Gasteiger partial charge in [-0.25, -0.2) is 0 Å². The Labute approximate surface area is 116 Å². The predicted molar refractivity (Wildman–Crippen MR) is 69.0 cm³/mol. The second kappa shape index (κ2) is 7.89. The van der Waals surface area contributed by atoms with Crippen LogP contribution in [0.2, 0.25) is 0 Å². The van der Waals surface area contributed by atoms with Crippen LogP contribution in [0.3, 0.4) is 0 Å². The van der Waals surface area contributed by atoms with E-state index in [1.807, 2.05) is 0 Å². The molecule has 0 saturated heterocycles. The number of esters is 1. The summed E-state index contributed by atoms with van der Waals surface area (Å²) in [4.78, 5) is 12.4. The van der Waals surface area contributed by atoms with Crippen molar-refractivity contribution in [1.82, 2.24) is 4.90 Å². The lowest BCUT2D eigenvalue weighted by atomic mass is 10.2. The number of benzene rings is 1. The van der Waals surface area contributed by atoms with Gasteiger partial charge >= 0.3 is 12.1 Å². The van der Waals surface area contributed by atoms with Crippen LogP contribution < -0.4 is 0 Å². The van der Waals surface area contributed by atoms with Crippen LogP contribution in [0.15, 0.2) is 30.3 Å². The molecular formula is C14H18F3NO2. The van der Waals surface area contributed by atoms with Gasteiger partial charge in [0.15, 0.2) is 0 Å². The van der Waals surface area contributed by atoms with E-state index in [9.17, 15) is 18.0 Å². The number of alkyl halides is 3. The molecule has 1 aromatic rings. The zero-order valence-corrected chi connectivity index (χ0v) is 11.3. The predicted octanol–water partition coefficient (Wildman–Crippen LogP) is 3.00. The monoisotopic (exact) mass is 289 g/mol. The van der Waals surface area contributed by atoms with Crippen molar-refractivity contribution in [3.63, 3.8) is 0 Å². The summed E-state index contributed by atoms with van der Waals surface area (Å²) in [6.45, 7) is 1.03. The van der Waals surface area contributed by atoms with Crippen LogP contribution >= 0.6 is 0 Å². The average Bonchev–Trinajstić information content (AvgIpc) is 2.36. The Balaban J connectivity index is 2.58. The number of carbonyl (C=O) groups is 1. The largest absolute Gasteiger partial charge is 0.466 e. The molecule has 0 spiro atoms. The van der Waals surface area contributed by atoms with E-state index in [1.165, 1.54) is 4.90 Å². The van der Waals surface area contributed by atoms with Crippen LogP contribution in [0.5, 0.6) is 0 Å². The maximum Gasteiger partial charge on any atom is 0.401 e. The fourth-order valence-corrected chi connectivity index (χ4v) is 1.79. The van der Waals surface area contributed by atoms with Crippen molar-refractivity contribution < 1.29 is 22.7 Å². The van der Waals surface area contributed by atoms with E-state index in [4.69, 9.17) is 4.74 Å². The van der Waals surface area contributed by atoms with Crippen molar-refractivity contribution >= 4 is 5.97 Å². The second-order valence-electron chi connectivity index (χ2n) is 4.37. The summed E-state index contributed by atoms with van der Waals surface area (Å²) in [5.41, 5.74) is 0.778. The Hall–Kier alpha value is -1.56. The van der Waals surface area contributed by atoms with Gasteiger partial charge < -0.3 is 4.74 Å². The maximum absolute atomic E-state index is 12.5. The fourth-order valence-electron chi connectivity index (χ4n) is 1.79. The Morgan fingerprint density at radius 1 is 1.25 bits per heavy atom. The average molecular weight is 289 g/mol. The highest BCUT2D eigenvalue weighted by molar-refractivity contribution is 5.69. The third kappa shape index (κ3) is 7.13.